The number of para-hydroxylation sites is 1. The van der Waals surface area contributed by atoms with Crippen LogP contribution in [0.25, 0.3) is 0 Å². The van der Waals surface area contributed by atoms with Gasteiger partial charge in [-0.2, -0.15) is 0 Å². The summed E-state index contributed by atoms with van der Waals surface area (Å²) in [5, 5.41) is 9.64. The van der Waals surface area contributed by atoms with E-state index in [2.05, 4.69) is 4.72 Å². The lowest BCUT2D eigenvalue weighted by atomic mass is 10.0. The van der Waals surface area contributed by atoms with Crippen LogP contribution in [0.3, 0.4) is 0 Å². The Bertz CT molecular complexity index is 993. The zero-order valence-corrected chi connectivity index (χ0v) is 15.7. The van der Waals surface area contributed by atoms with Gasteiger partial charge < -0.3 is 10.0 Å². The molecule has 1 amide bonds. The number of carbonyl (C=O) groups excluding carboxylic acids is 1. The van der Waals surface area contributed by atoms with Gasteiger partial charge in [-0.1, -0.05) is 35.9 Å². The number of rotatable bonds is 6. The van der Waals surface area contributed by atoms with E-state index in [1.54, 1.807) is 30.3 Å². The Morgan fingerprint density at radius 1 is 1.19 bits per heavy atom. The molecule has 1 aliphatic rings. The van der Waals surface area contributed by atoms with Gasteiger partial charge in [0.25, 0.3) is 0 Å². The maximum Gasteiger partial charge on any atom is 0.312 e. The highest BCUT2D eigenvalue weighted by molar-refractivity contribution is 7.89. The molecule has 7 nitrogen and oxygen atoms in total. The summed E-state index contributed by atoms with van der Waals surface area (Å²) < 4.78 is 26.9. The van der Waals surface area contributed by atoms with E-state index >= 15 is 0 Å². The third kappa shape index (κ3) is 4.13. The Morgan fingerprint density at radius 2 is 1.93 bits per heavy atom. The van der Waals surface area contributed by atoms with E-state index in [9.17, 15) is 23.1 Å². The van der Waals surface area contributed by atoms with Crippen molar-refractivity contribution in [2.24, 2.45) is 0 Å². The van der Waals surface area contributed by atoms with Crippen LogP contribution in [0.1, 0.15) is 17.9 Å². The molecule has 0 aliphatic carbocycles. The smallest absolute Gasteiger partial charge is 0.312 e. The molecule has 0 aromatic heterocycles. The number of amides is 1. The van der Waals surface area contributed by atoms with Crippen LogP contribution in [0.2, 0.25) is 5.02 Å². The minimum Gasteiger partial charge on any atom is -0.481 e. The van der Waals surface area contributed by atoms with Crippen molar-refractivity contribution in [3.63, 3.8) is 0 Å². The Labute approximate surface area is 161 Å². The highest BCUT2D eigenvalue weighted by atomic mass is 35.5. The fraction of sp³-hybridized carbons (Fsp3) is 0.222. The van der Waals surface area contributed by atoms with Gasteiger partial charge in [-0.25, -0.2) is 13.1 Å². The minimum absolute atomic E-state index is 0.0138. The number of benzene rings is 2. The molecule has 27 heavy (non-hydrogen) atoms. The lowest BCUT2D eigenvalue weighted by Crippen LogP contribution is -2.34. The zero-order chi connectivity index (χ0) is 19.6. The summed E-state index contributed by atoms with van der Waals surface area (Å²) in [5.74, 6) is -2.13. The Hall–Kier alpha value is -2.42. The predicted molar refractivity (Wildman–Crippen MR) is 100 cm³/mol. The molecule has 2 aromatic rings. The highest BCUT2D eigenvalue weighted by Crippen LogP contribution is 2.36. The average Bonchev–Trinajstić information content (AvgIpc) is 3.01. The number of sulfonamides is 1. The van der Waals surface area contributed by atoms with Gasteiger partial charge in [0, 0.05) is 30.2 Å². The molecule has 3 rings (SSSR count). The molecule has 1 unspecified atom stereocenters. The summed E-state index contributed by atoms with van der Waals surface area (Å²) in [6.07, 6.45) is -0.0968. The number of hydrogen-bond donors (Lipinski definition) is 2. The molecule has 0 spiro atoms. The summed E-state index contributed by atoms with van der Waals surface area (Å²) in [6, 6.07) is 12.6. The van der Waals surface area contributed by atoms with E-state index in [0.717, 1.165) is 0 Å². The van der Waals surface area contributed by atoms with Crippen molar-refractivity contribution >= 4 is 39.2 Å². The van der Waals surface area contributed by atoms with Crippen molar-refractivity contribution < 1.29 is 23.1 Å². The quantitative estimate of drug-likeness (QED) is 0.762. The van der Waals surface area contributed by atoms with Gasteiger partial charge in [0.2, 0.25) is 15.9 Å². The molecule has 1 heterocycles. The molecular weight excluding hydrogens is 392 g/mol. The monoisotopic (exact) mass is 408 g/mol. The summed E-state index contributed by atoms with van der Waals surface area (Å²) in [5.41, 5.74) is 1.13. The van der Waals surface area contributed by atoms with E-state index in [1.807, 2.05) is 0 Å². The van der Waals surface area contributed by atoms with Gasteiger partial charge in [-0.3, -0.25) is 9.59 Å². The second-order valence-electron chi connectivity index (χ2n) is 6.06. The van der Waals surface area contributed by atoms with Crippen LogP contribution in [0, 0.1) is 0 Å². The molecule has 0 radical (unpaired) electrons. The first kappa shape index (κ1) is 19.3. The van der Waals surface area contributed by atoms with Crippen LogP contribution >= 0.6 is 11.6 Å². The number of hydrogen-bond acceptors (Lipinski definition) is 4. The van der Waals surface area contributed by atoms with Gasteiger partial charge in [-0.05, 0) is 29.8 Å². The molecule has 0 bridgehead atoms. The molecule has 0 saturated heterocycles. The zero-order valence-electron chi connectivity index (χ0n) is 14.1. The Morgan fingerprint density at radius 3 is 2.63 bits per heavy atom. The van der Waals surface area contributed by atoms with Crippen LogP contribution in [-0.2, 0) is 19.6 Å². The molecule has 1 aliphatic heterocycles. The van der Waals surface area contributed by atoms with E-state index in [0.29, 0.717) is 16.3 Å². The fourth-order valence-electron chi connectivity index (χ4n) is 3.00. The second-order valence-corrected chi connectivity index (χ2v) is 8.26. The van der Waals surface area contributed by atoms with Gasteiger partial charge in [0.05, 0.1) is 4.90 Å². The molecule has 1 atom stereocenters. The maximum absolute atomic E-state index is 12.5. The van der Waals surface area contributed by atoms with Crippen LogP contribution in [0.4, 0.5) is 5.69 Å². The highest BCUT2D eigenvalue weighted by Gasteiger charge is 2.36. The lowest BCUT2D eigenvalue weighted by molar-refractivity contribution is -0.138. The standard InChI is InChI=1S/C18H17ClN2O5S/c19-12-4-3-5-13(10-12)27(25,26)20-9-8-17(22)21-11-15(18(23)24)14-6-1-2-7-16(14)21/h1-7,10,15,20H,8-9,11H2,(H,23,24). The van der Waals surface area contributed by atoms with E-state index in [4.69, 9.17) is 11.6 Å². The summed E-state index contributed by atoms with van der Waals surface area (Å²) in [7, 11) is -3.79. The van der Waals surface area contributed by atoms with Gasteiger partial charge >= 0.3 is 5.97 Å². The fourth-order valence-corrected chi connectivity index (χ4v) is 4.33. The van der Waals surface area contributed by atoms with Gasteiger partial charge in [-0.15, -0.1) is 0 Å². The van der Waals surface area contributed by atoms with Crippen molar-refractivity contribution in [3.8, 4) is 0 Å². The van der Waals surface area contributed by atoms with Gasteiger partial charge in [0.1, 0.15) is 5.92 Å². The predicted octanol–water partition coefficient (Wildman–Crippen LogP) is 2.22. The molecule has 0 fully saturated rings. The number of carbonyl (C=O) groups is 2. The van der Waals surface area contributed by atoms with Gasteiger partial charge in [0.15, 0.2) is 0 Å². The number of anilines is 1. The van der Waals surface area contributed by atoms with Crippen LogP contribution in [0.5, 0.6) is 0 Å². The summed E-state index contributed by atoms with van der Waals surface area (Å²) in [4.78, 5) is 25.4. The number of nitrogens with zero attached hydrogens (tertiary/aromatic N) is 1. The molecule has 2 aromatic carbocycles. The van der Waals surface area contributed by atoms with Crippen molar-refractivity contribution in [2.75, 3.05) is 18.0 Å². The summed E-state index contributed by atoms with van der Waals surface area (Å²) >= 11 is 5.81. The van der Waals surface area contributed by atoms with Crippen molar-refractivity contribution in [1.29, 1.82) is 0 Å². The first-order chi connectivity index (χ1) is 12.8. The number of carboxylic acids is 1. The molecule has 9 heteroatoms. The number of halogens is 1. The summed E-state index contributed by atoms with van der Waals surface area (Å²) in [6.45, 7) is -0.0708. The van der Waals surface area contributed by atoms with Crippen molar-refractivity contribution in [2.45, 2.75) is 17.2 Å². The molecule has 0 saturated carbocycles. The third-order valence-corrected chi connectivity index (χ3v) is 6.00. The molecular formula is C18H17ClN2O5S. The Balaban J connectivity index is 1.66. The lowest BCUT2D eigenvalue weighted by Gasteiger charge is -2.17. The minimum atomic E-state index is -3.79. The van der Waals surface area contributed by atoms with Crippen LogP contribution < -0.4 is 9.62 Å². The van der Waals surface area contributed by atoms with Crippen molar-refractivity contribution in [1.82, 2.24) is 4.72 Å². The van der Waals surface area contributed by atoms with Crippen LogP contribution in [-0.4, -0.2) is 38.5 Å². The number of fused-ring (bicyclic) bond motifs is 1. The second kappa shape index (κ2) is 7.67. The molecule has 142 valence electrons. The molecule has 2 N–H and O–H groups in total. The number of nitrogens with one attached hydrogen (secondary N) is 1. The van der Waals surface area contributed by atoms with E-state index in [1.165, 1.54) is 23.1 Å². The normalized spacial score (nSPS) is 16.2. The van der Waals surface area contributed by atoms with E-state index < -0.39 is 21.9 Å². The maximum atomic E-state index is 12.5. The Kier molecular flexibility index (Phi) is 5.50. The first-order valence-corrected chi connectivity index (χ1v) is 10.0. The average molecular weight is 409 g/mol. The topological polar surface area (TPSA) is 104 Å². The SMILES string of the molecule is O=C(O)C1CN(C(=O)CCNS(=O)(=O)c2cccc(Cl)c2)c2ccccc21. The largest absolute Gasteiger partial charge is 0.481 e. The number of aliphatic carboxylic acids is 1. The van der Waals surface area contributed by atoms with Crippen molar-refractivity contribution in [3.05, 3.63) is 59.1 Å². The van der Waals surface area contributed by atoms with Crippen LogP contribution in [0.15, 0.2) is 53.4 Å². The van der Waals surface area contributed by atoms with E-state index in [-0.39, 0.29) is 30.3 Å². The first-order valence-electron chi connectivity index (χ1n) is 8.17. The number of carboxylic acid groups (broad SMARTS) is 1. The third-order valence-electron chi connectivity index (χ3n) is 4.30.